The highest BCUT2D eigenvalue weighted by Gasteiger charge is 2.42. The van der Waals surface area contributed by atoms with E-state index in [4.69, 9.17) is 0 Å². The van der Waals surface area contributed by atoms with Crippen LogP contribution in [0.5, 0.6) is 0 Å². The van der Waals surface area contributed by atoms with E-state index < -0.39 is 11.5 Å². The van der Waals surface area contributed by atoms with Gasteiger partial charge in [0.2, 0.25) is 5.91 Å². The Morgan fingerprint density at radius 2 is 1.95 bits per heavy atom. The van der Waals surface area contributed by atoms with Crippen LogP contribution in [0.25, 0.3) is 0 Å². The van der Waals surface area contributed by atoms with Crippen LogP contribution in [0.2, 0.25) is 0 Å². The Hall–Kier alpha value is -1.32. The maximum Gasteiger partial charge on any atom is 0.329 e. The summed E-state index contributed by atoms with van der Waals surface area (Å²) in [6, 6.07) is 0. The zero-order valence-corrected chi connectivity index (χ0v) is 12.2. The van der Waals surface area contributed by atoms with Crippen LogP contribution in [0.3, 0.4) is 0 Å². The number of carbonyl (C=O) groups excluding carboxylic acids is 1. The number of carbonyl (C=O) groups is 2. The van der Waals surface area contributed by atoms with Gasteiger partial charge < -0.3 is 10.4 Å². The molecule has 1 saturated carbocycles. The molecule has 1 unspecified atom stereocenters. The van der Waals surface area contributed by atoms with E-state index in [9.17, 15) is 14.7 Å². The van der Waals surface area contributed by atoms with E-state index in [1.165, 1.54) is 0 Å². The number of hydrogen-bond donors (Lipinski definition) is 2. The van der Waals surface area contributed by atoms with Gasteiger partial charge in [0.1, 0.15) is 5.54 Å². The summed E-state index contributed by atoms with van der Waals surface area (Å²) >= 11 is 0. The standard InChI is InChI=1S/C15H25NO3/c1-10(2)9-12(4)13(17)16-15(14(18)19)7-5-11(3)6-8-15/h11-12H,1,5-9H2,2-4H3,(H,16,17)(H,18,19). The third-order valence-corrected chi connectivity index (χ3v) is 4.00. The van der Waals surface area contributed by atoms with Crippen molar-refractivity contribution in [3.05, 3.63) is 12.2 Å². The molecule has 0 aromatic carbocycles. The number of carboxylic acid groups (broad SMARTS) is 1. The lowest BCUT2D eigenvalue weighted by atomic mass is 9.77. The average Bonchev–Trinajstić information content (AvgIpc) is 2.31. The SMILES string of the molecule is C=C(C)CC(C)C(=O)NC1(C(=O)O)CCC(C)CC1. The molecular formula is C15H25NO3. The Kier molecular flexibility index (Phi) is 5.15. The largest absolute Gasteiger partial charge is 0.480 e. The van der Waals surface area contributed by atoms with Crippen molar-refractivity contribution < 1.29 is 14.7 Å². The predicted molar refractivity (Wildman–Crippen MR) is 74.7 cm³/mol. The highest BCUT2D eigenvalue weighted by Crippen LogP contribution is 2.32. The van der Waals surface area contributed by atoms with E-state index in [-0.39, 0.29) is 11.8 Å². The average molecular weight is 267 g/mol. The Morgan fingerprint density at radius 3 is 2.37 bits per heavy atom. The fraction of sp³-hybridized carbons (Fsp3) is 0.733. The van der Waals surface area contributed by atoms with Crippen LogP contribution in [0.1, 0.15) is 52.9 Å². The van der Waals surface area contributed by atoms with Gasteiger partial charge in [-0.05, 0) is 44.9 Å². The Morgan fingerprint density at radius 1 is 1.42 bits per heavy atom. The van der Waals surface area contributed by atoms with Crippen LogP contribution < -0.4 is 5.32 Å². The van der Waals surface area contributed by atoms with E-state index in [2.05, 4.69) is 18.8 Å². The first kappa shape index (κ1) is 15.7. The maximum absolute atomic E-state index is 12.1. The van der Waals surface area contributed by atoms with Gasteiger partial charge in [-0.3, -0.25) is 4.79 Å². The lowest BCUT2D eigenvalue weighted by molar-refractivity contribution is -0.150. The van der Waals surface area contributed by atoms with E-state index in [0.29, 0.717) is 25.2 Å². The minimum absolute atomic E-state index is 0.181. The van der Waals surface area contributed by atoms with Crippen LogP contribution >= 0.6 is 0 Å². The van der Waals surface area contributed by atoms with Gasteiger partial charge in [0.25, 0.3) is 0 Å². The fourth-order valence-electron chi connectivity index (χ4n) is 2.62. The number of aliphatic carboxylic acids is 1. The highest BCUT2D eigenvalue weighted by molar-refractivity contribution is 5.88. The molecule has 1 rings (SSSR count). The molecule has 0 aromatic heterocycles. The van der Waals surface area contributed by atoms with Crippen LogP contribution in [0.15, 0.2) is 12.2 Å². The molecule has 0 radical (unpaired) electrons. The van der Waals surface area contributed by atoms with Gasteiger partial charge in [0, 0.05) is 5.92 Å². The third-order valence-electron chi connectivity index (χ3n) is 4.00. The number of rotatable bonds is 5. The first-order valence-corrected chi connectivity index (χ1v) is 6.96. The number of allylic oxidation sites excluding steroid dienone is 1. The van der Waals surface area contributed by atoms with Gasteiger partial charge in [-0.2, -0.15) is 0 Å². The second kappa shape index (κ2) is 6.22. The summed E-state index contributed by atoms with van der Waals surface area (Å²) in [6.45, 7) is 9.60. The summed E-state index contributed by atoms with van der Waals surface area (Å²) in [5, 5.41) is 12.2. The molecule has 4 heteroatoms. The van der Waals surface area contributed by atoms with Crippen molar-refractivity contribution in [2.45, 2.75) is 58.4 Å². The second-order valence-corrected chi connectivity index (χ2v) is 6.12. The fourth-order valence-corrected chi connectivity index (χ4v) is 2.62. The molecule has 1 atom stereocenters. The molecular weight excluding hydrogens is 242 g/mol. The number of amides is 1. The van der Waals surface area contributed by atoms with Crippen molar-refractivity contribution >= 4 is 11.9 Å². The smallest absolute Gasteiger partial charge is 0.329 e. The molecule has 0 saturated heterocycles. The summed E-state index contributed by atoms with van der Waals surface area (Å²) < 4.78 is 0. The topological polar surface area (TPSA) is 66.4 Å². The lowest BCUT2D eigenvalue weighted by Gasteiger charge is -2.37. The van der Waals surface area contributed by atoms with Crippen LogP contribution in [0, 0.1) is 11.8 Å². The molecule has 19 heavy (non-hydrogen) atoms. The first-order chi connectivity index (χ1) is 8.77. The minimum atomic E-state index is -1.06. The molecule has 1 aliphatic carbocycles. The van der Waals surface area contributed by atoms with E-state index >= 15 is 0 Å². The van der Waals surface area contributed by atoms with E-state index in [1.54, 1.807) is 0 Å². The van der Waals surface area contributed by atoms with Gasteiger partial charge in [0.15, 0.2) is 0 Å². The van der Waals surface area contributed by atoms with Gasteiger partial charge in [-0.1, -0.05) is 19.4 Å². The Bertz CT molecular complexity index is 368. The van der Waals surface area contributed by atoms with Crippen molar-refractivity contribution in [2.75, 3.05) is 0 Å². The molecule has 1 fully saturated rings. The molecule has 1 aliphatic rings. The maximum atomic E-state index is 12.1. The molecule has 2 N–H and O–H groups in total. The van der Waals surface area contributed by atoms with Crippen molar-refractivity contribution in [1.29, 1.82) is 0 Å². The number of hydrogen-bond acceptors (Lipinski definition) is 2. The van der Waals surface area contributed by atoms with Crippen molar-refractivity contribution in [1.82, 2.24) is 5.32 Å². The summed E-state index contributed by atoms with van der Waals surface area (Å²) in [5.41, 5.74) is -0.128. The summed E-state index contributed by atoms with van der Waals surface area (Å²) in [7, 11) is 0. The number of carboxylic acids is 1. The van der Waals surface area contributed by atoms with Gasteiger partial charge in [-0.25, -0.2) is 4.79 Å². The molecule has 0 spiro atoms. The van der Waals surface area contributed by atoms with Gasteiger partial charge >= 0.3 is 5.97 Å². The van der Waals surface area contributed by atoms with E-state index in [1.807, 2.05) is 13.8 Å². The molecule has 108 valence electrons. The summed E-state index contributed by atoms with van der Waals surface area (Å²) in [6.07, 6.45) is 3.34. The Labute approximate surface area is 115 Å². The van der Waals surface area contributed by atoms with Crippen molar-refractivity contribution in [3.8, 4) is 0 Å². The zero-order chi connectivity index (χ0) is 14.6. The lowest BCUT2D eigenvalue weighted by Crippen LogP contribution is -2.57. The van der Waals surface area contributed by atoms with Crippen LogP contribution in [-0.2, 0) is 9.59 Å². The summed E-state index contributed by atoms with van der Waals surface area (Å²) in [4.78, 5) is 23.7. The van der Waals surface area contributed by atoms with Crippen molar-refractivity contribution in [2.24, 2.45) is 11.8 Å². The normalized spacial score (nSPS) is 28.5. The quantitative estimate of drug-likeness (QED) is 0.753. The summed E-state index contributed by atoms with van der Waals surface area (Å²) in [5.74, 6) is -0.777. The van der Waals surface area contributed by atoms with Crippen LogP contribution in [-0.4, -0.2) is 22.5 Å². The van der Waals surface area contributed by atoms with E-state index in [0.717, 1.165) is 18.4 Å². The number of nitrogens with one attached hydrogen (secondary N) is 1. The molecule has 0 heterocycles. The van der Waals surface area contributed by atoms with Crippen LogP contribution in [0.4, 0.5) is 0 Å². The monoisotopic (exact) mass is 267 g/mol. The first-order valence-electron chi connectivity index (χ1n) is 6.96. The Balaban J connectivity index is 2.71. The minimum Gasteiger partial charge on any atom is -0.480 e. The van der Waals surface area contributed by atoms with Gasteiger partial charge in [0.05, 0.1) is 0 Å². The molecule has 4 nitrogen and oxygen atoms in total. The molecule has 0 aliphatic heterocycles. The third kappa shape index (κ3) is 4.08. The van der Waals surface area contributed by atoms with Gasteiger partial charge in [-0.15, -0.1) is 6.58 Å². The highest BCUT2D eigenvalue weighted by atomic mass is 16.4. The zero-order valence-electron chi connectivity index (χ0n) is 12.2. The molecule has 0 bridgehead atoms. The predicted octanol–water partition coefficient (Wildman–Crippen LogP) is 2.74. The molecule has 0 aromatic rings. The van der Waals surface area contributed by atoms with Crippen molar-refractivity contribution in [3.63, 3.8) is 0 Å². The second-order valence-electron chi connectivity index (χ2n) is 6.12. The molecule has 1 amide bonds.